The molecule has 1 aromatic heterocycles. The second-order valence-corrected chi connectivity index (χ2v) is 7.80. The van der Waals surface area contributed by atoms with E-state index >= 15 is 0 Å². The van der Waals surface area contributed by atoms with E-state index in [1.807, 2.05) is 12.1 Å². The summed E-state index contributed by atoms with van der Waals surface area (Å²) >= 11 is 3.31. The van der Waals surface area contributed by atoms with E-state index in [1.165, 1.54) is 12.1 Å². The molecule has 0 fully saturated rings. The Labute approximate surface area is 192 Å². The highest BCUT2D eigenvalue weighted by atomic mass is 79.9. The third-order valence-electron chi connectivity index (χ3n) is 4.79. The van der Waals surface area contributed by atoms with Crippen LogP contribution in [0.25, 0.3) is 10.9 Å². The molecule has 0 aliphatic rings. The Kier molecular flexibility index (Phi) is 6.37. The van der Waals surface area contributed by atoms with Crippen molar-refractivity contribution in [3.8, 4) is 0 Å². The highest BCUT2D eigenvalue weighted by Gasteiger charge is 2.20. The molecule has 4 aromatic rings. The van der Waals surface area contributed by atoms with E-state index in [-0.39, 0.29) is 16.9 Å². The molecule has 1 heterocycles. The maximum atomic E-state index is 13.0. The lowest BCUT2D eigenvalue weighted by atomic mass is 10.1. The SMILES string of the molecule is O=C(COC(=O)c1ccccc1C(=O)Nc1cccc2ncccc12)c1ccc(Br)cc1. The third kappa shape index (κ3) is 4.73. The van der Waals surface area contributed by atoms with Crippen molar-refractivity contribution < 1.29 is 19.1 Å². The number of benzene rings is 3. The highest BCUT2D eigenvalue weighted by Crippen LogP contribution is 2.23. The molecule has 0 radical (unpaired) electrons. The fraction of sp³-hybridized carbons (Fsp3) is 0.0400. The van der Waals surface area contributed by atoms with Gasteiger partial charge in [0.1, 0.15) is 0 Å². The van der Waals surface area contributed by atoms with Crippen LogP contribution in [0.2, 0.25) is 0 Å². The van der Waals surface area contributed by atoms with Crippen molar-refractivity contribution in [3.05, 3.63) is 106 Å². The Balaban J connectivity index is 1.50. The molecular weight excluding hydrogens is 472 g/mol. The lowest BCUT2D eigenvalue weighted by Crippen LogP contribution is -2.20. The average Bonchev–Trinajstić information content (AvgIpc) is 2.83. The number of hydrogen-bond donors (Lipinski definition) is 1. The lowest BCUT2D eigenvalue weighted by Gasteiger charge is -2.11. The summed E-state index contributed by atoms with van der Waals surface area (Å²) in [6, 6.07) is 22.1. The smallest absolute Gasteiger partial charge is 0.339 e. The van der Waals surface area contributed by atoms with E-state index in [2.05, 4.69) is 26.2 Å². The van der Waals surface area contributed by atoms with Crippen LogP contribution in [-0.4, -0.2) is 29.3 Å². The fourth-order valence-corrected chi connectivity index (χ4v) is 3.45. The molecule has 0 spiro atoms. The predicted octanol–water partition coefficient (Wildman–Crippen LogP) is 5.29. The number of anilines is 1. The van der Waals surface area contributed by atoms with Crippen LogP contribution in [-0.2, 0) is 4.74 Å². The van der Waals surface area contributed by atoms with Crippen molar-refractivity contribution in [2.24, 2.45) is 0 Å². The zero-order valence-electron chi connectivity index (χ0n) is 16.7. The largest absolute Gasteiger partial charge is 0.454 e. The molecule has 0 atom stereocenters. The first-order valence-electron chi connectivity index (χ1n) is 9.73. The highest BCUT2D eigenvalue weighted by molar-refractivity contribution is 9.10. The van der Waals surface area contributed by atoms with E-state index < -0.39 is 18.5 Å². The van der Waals surface area contributed by atoms with Crippen LogP contribution in [0.15, 0.2) is 89.5 Å². The summed E-state index contributed by atoms with van der Waals surface area (Å²) in [7, 11) is 0. The summed E-state index contributed by atoms with van der Waals surface area (Å²) in [5.74, 6) is -1.55. The Hall–Kier alpha value is -3.84. The van der Waals surface area contributed by atoms with E-state index in [9.17, 15) is 14.4 Å². The van der Waals surface area contributed by atoms with Crippen LogP contribution in [0.1, 0.15) is 31.1 Å². The molecule has 4 rings (SSSR count). The second-order valence-electron chi connectivity index (χ2n) is 6.88. The maximum Gasteiger partial charge on any atom is 0.339 e. The quantitative estimate of drug-likeness (QED) is 0.294. The first-order chi connectivity index (χ1) is 15.5. The molecule has 0 bridgehead atoms. The maximum absolute atomic E-state index is 13.0. The number of esters is 1. The number of carbonyl (C=O) groups excluding carboxylic acids is 3. The molecule has 0 saturated heterocycles. The number of amides is 1. The van der Waals surface area contributed by atoms with E-state index in [0.29, 0.717) is 11.3 Å². The number of Topliss-reactive ketones (excluding diaryl/α,β-unsaturated/α-hetero) is 1. The molecule has 1 amide bonds. The predicted molar refractivity (Wildman–Crippen MR) is 125 cm³/mol. The van der Waals surface area contributed by atoms with Gasteiger partial charge in [-0.05, 0) is 48.5 Å². The summed E-state index contributed by atoms with van der Waals surface area (Å²) in [6.45, 7) is -0.425. The van der Waals surface area contributed by atoms with Gasteiger partial charge in [0.25, 0.3) is 5.91 Å². The zero-order valence-corrected chi connectivity index (χ0v) is 18.3. The van der Waals surface area contributed by atoms with Crippen LogP contribution < -0.4 is 5.32 Å². The van der Waals surface area contributed by atoms with Crippen molar-refractivity contribution in [3.63, 3.8) is 0 Å². The van der Waals surface area contributed by atoms with Crippen LogP contribution in [0.5, 0.6) is 0 Å². The van der Waals surface area contributed by atoms with Crippen LogP contribution in [0.4, 0.5) is 5.69 Å². The lowest BCUT2D eigenvalue weighted by molar-refractivity contribution is 0.0473. The monoisotopic (exact) mass is 488 g/mol. The van der Waals surface area contributed by atoms with E-state index in [0.717, 1.165) is 15.4 Å². The number of nitrogens with zero attached hydrogens (tertiary/aromatic N) is 1. The van der Waals surface area contributed by atoms with Crippen LogP contribution in [0.3, 0.4) is 0 Å². The number of hydrogen-bond acceptors (Lipinski definition) is 5. The number of halogens is 1. The minimum atomic E-state index is -0.749. The first-order valence-corrected chi connectivity index (χ1v) is 10.5. The molecule has 0 aliphatic carbocycles. The standard InChI is InChI=1S/C25H17BrN2O4/c26-17-12-10-16(11-13-17)23(29)15-32-25(31)19-6-2-1-5-18(19)24(30)28-22-9-3-8-21-20(22)7-4-14-27-21/h1-14H,15H2,(H,28,30). The summed E-state index contributed by atoms with van der Waals surface area (Å²) < 4.78 is 6.04. The van der Waals surface area contributed by atoms with Crippen molar-refractivity contribution in [2.45, 2.75) is 0 Å². The van der Waals surface area contributed by atoms with Crippen molar-refractivity contribution in [1.82, 2.24) is 4.98 Å². The van der Waals surface area contributed by atoms with Crippen LogP contribution in [0, 0.1) is 0 Å². The number of pyridine rings is 1. The number of ether oxygens (including phenoxy) is 1. The normalized spacial score (nSPS) is 10.5. The molecule has 0 saturated carbocycles. The minimum Gasteiger partial charge on any atom is -0.454 e. The Morgan fingerprint density at radius 3 is 2.38 bits per heavy atom. The average molecular weight is 489 g/mol. The van der Waals surface area contributed by atoms with Gasteiger partial charge in [0.15, 0.2) is 12.4 Å². The zero-order chi connectivity index (χ0) is 22.5. The molecular formula is C25H17BrN2O4. The number of aromatic nitrogens is 1. The second kappa shape index (κ2) is 9.53. The number of rotatable bonds is 6. The molecule has 0 unspecified atom stereocenters. The Morgan fingerprint density at radius 2 is 1.59 bits per heavy atom. The first kappa shape index (κ1) is 21.4. The summed E-state index contributed by atoms with van der Waals surface area (Å²) in [5.41, 5.74) is 1.97. The number of carbonyl (C=O) groups is 3. The molecule has 7 heteroatoms. The molecule has 0 aliphatic heterocycles. The van der Waals surface area contributed by atoms with E-state index in [1.54, 1.807) is 60.8 Å². The summed E-state index contributed by atoms with van der Waals surface area (Å²) in [5, 5.41) is 3.62. The topological polar surface area (TPSA) is 85.4 Å². The molecule has 6 nitrogen and oxygen atoms in total. The molecule has 1 N–H and O–H groups in total. The fourth-order valence-electron chi connectivity index (χ4n) is 3.19. The van der Waals surface area contributed by atoms with Gasteiger partial charge in [-0.25, -0.2) is 4.79 Å². The van der Waals surface area contributed by atoms with Gasteiger partial charge < -0.3 is 10.1 Å². The number of nitrogens with one attached hydrogen (secondary N) is 1. The van der Waals surface area contributed by atoms with Crippen molar-refractivity contribution >= 4 is 50.2 Å². The molecule has 158 valence electrons. The van der Waals surface area contributed by atoms with Gasteiger partial charge in [0.2, 0.25) is 0 Å². The van der Waals surface area contributed by atoms with Gasteiger partial charge in [-0.2, -0.15) is 0 Å². The van der Waals surface area contributed by atoms with Crippen molar-refractivity contribution in [2.75, 3.05) is 11.9 Å². The number of fused-ring (bicyclic) bond motifs is 1. The van der Waals surface area contributed by atoms with Gasteiger partial charge in [0, 0.05) is 21.6 Å². The molecule has 3 aromatic carbocycles. The van der Waals surface area contributed by atoms with Gasteiger partial charge in [0.05, 0.1) is 22.3 Å². The Morgan fingerprint density at radius 1 is 0.844 bits per heavy atom. The molecule has 32 heavy (non-hydrogen) atoms. The summed E-state index contributed by atoms with van der Waals surface area (Å²) in [4.78, 5) is 42.2. The van der Waals surface area contributed by atoms with Crippen LogP contribution >= 0.6 is 15.9 Å². The summed E-state index contributed by atoms with van der Waals surface area (Å²) in [6.07, 6.45) is 1.68. The third-order valence-corrected chi connectivity index (χ3v) is 5.31. The van der Waals surface area contributed by atoms with Gasteiger partial charge in [-0.15, -0.1) is 0 Å². The van der Waals surface area contributed by atoms with Gasteiger partial charge in [-0.1, -0.05) is 46.3 Å². The Bertz CT molecular complexity index is 1310. The minimum absolute atomic E-state index is 0.0759. The van der Waals surface area contributed by atoms with Gasteiger partial charge in [-0.3, -0.25) is 14.6 Å². The van der Waals surface area contributed by atoms with Crippen molar-refractivity contribution in [1.29, 1.82) is 0 Å². The van der Waals surface area contributed by atoms with E-state index in [4.69, 9.17) is 4.74 Å². The van der Waals surface area contributed by atoms with Gasteiger partial charge >= 0.3 is 5.97 Å². The number of ketones is 1.